The van der Waals surface area contributed by atoms with Gasteiger partial charge in [-0.3, -0.25) is 0 Å². The van der Waals surface area contributed by atoms with Gasteiger partial charge in [0, 0.05) is 29.7 Å². The minimum Gasteiger partial charge on any atom is -0.345 e. The SMILES string of the molecule is CCCNC(C)c1cccn1Cc1cccnc1C#N. The van der Waals surface area contributed by atoms with Crippen LogP contribution >= 0.6 is 0 Å². The van der Waals surface area contributed by atoms with Gasteiger partial charge in [-0.25, -0.2) is 4.98 Å². The average Bonchev–Trinajstić information content (AvgIpc) is 2.93. The maximum atomic E-state index is 9.11. The van der Waals surface area contributed by atoms with Crippen molar-refractivity contribution in [2.45, 2.75) is 32.9 Å². The number of nitriles is 1. The van der Waals surface area contributed by atoms with E-state index in [1.54, 1.807) is 6.20 Å². The second-order valence-electron chi connectivity index (χ2n) is 4.86. The molecule has 0 spiro atoms. The van der Waals surface area contributed by atoms with E-state index in [0.717, 1.165) is 18.5 Å². The van der Waals surface area contributed by atoms with E-state index in [1.807, 2.05) is 24.4 Å². The molecule has 0 saturated heterocycles. The van der Waals surface area contributed by atoms with Crippen LogP contribution in [0.3, 0.4) is 0 Å². The third-order valence-electron chi connectivity index (χ3n) is 3.35. The molecule has 2 rings (SSSR count). The number of rotatable bonds is 6. The summed E-state index contributed by atoms with van der Waals surface area (Å²) in [7, 11) is 0. The maximum absolute atomic E-state index is 9.11. The zero-order chi connectivity index (χ0) is 14.4. The summed E-state index contributed by atoms with van der Waals surface area (Å²) in [6, 6.07) is 10.4. The Morgan fingerprint density at radius 3 is 3.00 bits per heavy atom. The van der Waals surface area contributed by atoms with Crippen molar-refractivity contribution in [1.82, 2.24) is 14.9 Å². The quantitative estimate of drug-likeness (QED) is 0.876. The van der Waals surface area contributed by atoms with Crippen LogP contribution in [0.5, 0.6) is 0 Å². The third kappa shape index (κ3) is 3.25. The summed E-state index contributed by atoms with van der Waals surface area (Å²) in [5.74, 6) is 0. The second-order valence-corrected chi connectivity index (χ2v) is 4.86. The van der Waals surface area contributed by atoms with Gasteiger partial charge in [0.2, 0.25) is 0 Å². The maximum Gasteiger partial charge on any atom is 0.145 e. The summed E-state index contributed by atoms with van der Waals surface area (Å²) in [6.07, 6.45) is 4.82. The summed E-state index contributed by atoms with van der Waals surface area (Å²) in [5, 5.41) is 12.6. The van der Waals surface area contributed by atoms with Crippen LogP contribution in [-0.2, 0) is 6.54 Å². The van der Waals surface area contributed by atoms with Crippen LogP contribution in [-0.4, -0.2) is 16.1 Å². The molecule has 2 heterocycles. The van der Waals surface area contributed by atoms with Crippen LogP contribution < -0.4 is 5.32 Å². The van der Waals surface area contributed by atoms with E-state index in [9.17, 15) is 0 Å². The van der Waals surface area contributed by atoms with Gasteiger partial charge in [-0.05, 0) is 38.1 Å². The van der Waals surface area contributed by atoms with Crippen molar-refractivity contribution >= 4 is 0 Å². The molecule has 0 fully saturated rings. The molecule has 2 aromatic heterocycles. The fraction of sp³-hybridized carbons (Fsp3) is 0.375. The smallest absolute Gasteiger partial charge is 0.145 e. The van der Waals surface area contributed by atoms with Crippen LogP contribution in [0.15, 0.2) is 36.7 Å². The van der Waals surface area contributed by atoms with E-state index in [-0.39, 0.29) is 0 Å². The molecule has 0 saturated carbocycles. The molecule has 1 N–H and O–H groups in total. The highest BCUT2D eigenvalue weighted by atomic mass is 15.0. The molecule has 1 unspecified atom stereocenters. The minimum atomic E-state index is 0.298. The number of hydrogen-bond donors (Lipinski definition) is 1. The highest BCUT2D eigenvalue weighted by molar-refractivity contribution is 5.31. The molecule has 0 amide bonds. The van der Waals surface area contributed by atoms with Gasteiger partial charge >= 0.3 is 0 Å². The molecular weight excluding hydrogens is 248 g/mol. The summed E-state index contributed by atoms with van der Waals surface area (Å²) in [4.78, 5) is 4.11. The lowest BCUT2D eigenvalue weighted by Gasteiger charge is -2.17. The highest BCUT2D eigenvalue weighted by Gasteiger charge is 2.11. The first kappa shape index (κ1) is 14.3. The summed E-state index contributed by atoms with van der Waals surface area (Å²) < 4.78 is 2.17. The Kier molecular flexibility index (Phi) is 4.91. The summed E-state index contributed by atoms with van der Waals surface area (Å²) >= 11 is 0. The summed E-state index contributed by atoms with van der Waals surface area (Å²) in [5.41, 5.74) is 2.68. The van der Waals surface area contributed by atoms with Gasteiger partial charge in [-0.2, -0.15) is 5.26 Å². The molecule has 1 atom stereocenters. The van der Waals surface area contributed by atoms with Crippen molar-refractivity contribution in [2.75, 3.05) is 6.54 Å². The van der Waals surface area contributed by atoms with Gasteiger partial charge in [-0.15, -0.1) is 0 Å². The van der Waals surface area contributed by atoms with E-state index in [1.165, 1.54) is 5.69 Å². The Labute approximate surface area is 120 Å². The third-order valence-corrected chi connectivity index (χ3v) is 3.35. The monoisotopic (exact) mass is 268 g/mol. The Bertz CT molecular complexity index is 595. The molecule has 2 aromatic rings. The average molecular weight is 268 g/mol. The molecule has 0 aliphatic rings. The van der Waals surface area contributed by atoms with E-state index in [2.05, 4.69) is 40.9 Å². The van der Waals surface area contributed by atoms with E-state index < -0.39 is 0 Å². The van der Waals surface area contributed by atoms with Crippen molar-refractivity contribution in [2.24, 2.45) is 0 Å². The van der Waals surface area contributed by atoms with Gasteiger partial charge in [0.1, 0.15) is 11.8 Å². The molecular formula is C16H20N4. The van der Waals surface area contributed by atoms with Crippen molar-refractivity contribution in [1.29, 1.82) is 5.26 Å². The first-order valence-corrected chi connectivity index (χ1v) is 6.98. The van der Waals surface area contributed by atoms with Gasteiger partial charge in [0.05, 0.1) is 6.54 Å². The Morgan fingerprint density at radius 1 is 1.40 bits per heavy atom. The van der Waals surface area contributed by atoms with Gasteiger partial charge < -0.3 is 9.88 Å². The Hall–Kier alpha value is -2.12. The largest absolute Gasteiger partial charge is 0.345 e. The molecule has 0 aliphatic heterocycles. The predicted molar refractivity (Wildman–Crippen MR) is 79.2 cm³/mol. The lowest BCUT2D eigenvalue weighted by molar-refractivity contribution is 0.534. The van der Waals surface area contributed by atoms with Crippen molar-refractivity contribution in [3.63, 3.8) is 0 Å². The first-order chi connectivity index (χ1) is 9.76. The minimum absolute atomic E-state index is 0.298. The first-order valence-electron chi connectivity index (χ1n) is 6.98. The number of aromatic nitrogens is 2. The topological polar surface area (TPSA) is 53.6 Å². The van der Waals surface area contributed by atoms with Crippen LogP contribution in [0, 0.1) is 11.3 Å². The Balaban J connectivity index is 2.18. The molecule has 20 heavy (non-hydrogen) atoms. The van der Waals surface area contributed by atoms with E-state index in [0.29, 0.717) is 18.3 Å². The molecule has 104 valence electrons. The van der Waals surface area contributed by atoms with Crippen molar-refractivity contribution in [3.05, 3.63) is 53.6 Å². The van der Waals surface area contributed by atoms with E-state index in [4.69, 9.17) is 5.26 Å². The standard InChI is InChI=1S/C16H20N4/c1-3-8-18-13(2)16-7-5-10-20(16)12-14-6-4-9-19-15(14)11-17/h4-7,9-10,13,18H,3,8,12H2,1-2H3. The molecule has 4 heteroatoms. The second kappa shape index (κ2) is 6.88. The predicted octanol–water partition coefficient (Wildman–Crippen LogP) is 2.86. The van der Waals surface area contributed by atoms with Gasteiger partial charge in [0.15, 0.2) is 0 Å². The van der Waals surface area contributed by atoms with Crippen molar-refractivity contribution < 1.29 is 0 Å². The normalized spacial score (nSPS) is 12.1. The fourth-order valence-corrected chi connectivity index (χ4v) is 2.28. The zero-order valence-electron chi connectivity index (χ0n) is 12.0. The molecule has 0 radical (unpaired) electrons. The van der Waals surface area contributed by atoms with E-state index >= 15 is 0 Å². The number of nitrogens with zero attached hydrogens (tertiary/aromatic N) is 3. The van der Waals surface area contributed by atoms with Crippen LogP contribution in [0.2, 0.25) is 0 Å². The fourth-order valence-electron chi connectivity index (χ4n) is 2.28. The highest BCUT2D eigenvalue weighted by Crippen LogP contribution is 2.16. The summed E-state index contributed by atoms with van der Waals surface area (Å²) in [6.45, 7) is 6.00. The molecule has 0 bridgehead atoms. The molecule has 4 nitrogen and oxygen atoms in total. The lowest BCUT2D eigenvalue weighted by Crippen LogP contribution is -2.22. The van der Waals surface area contributed by atoms with Crippen LogP contribution in [0.4, 0.5) is 0 Å². The molecule has 0 aliphatic carbocycles. The lowest BCUT2D eigenvalue weighted by atomic mass is 10.2. The van der Waals surface area contributed by atoms with Crippen LogP contribution in [0.25, 0.3) is 0 Å². The number of nitrogens with one attached hydrogen (secondary N) is 1. The molecule has 0 aromatic carbocycles. The number of pyridine rings is 1. The van der Waals surface area contributed by atoms with Crippen molar-refractivity contribution in [3.8, 4) is 6.07 Å². The van der Waals surface area contributed by atoms with Gasteiger partial charge in [-0.1, -0.05) is 13.0 Å². The van der Waals surface area contributed by atoms with Gasteiger partial charge in [0.25, 0.3) is 0 Å². The number of hydrogen-bond acceptors (Lipinski definition) is 3. The van der Waals surface area contributed by atoms with Crippen LogP contribution in [0.1, 0.15) is 43.3 Å². The Morgan fingerprint density at radius 2 is 2.25 bits per heavy atom. The zero-order valence-corrected chi connectivity index (χ0v) is 12.0.